The van der Waals surface area contributed by atoms with Crippen LogP contribution in [0, 0.1) is 5.92 Å². The van der Waals surface area contributed by atoms with Gasteiger partial charge >= 0.3 is 0 Å². The highest BCUT2D eigenvalue weighted by molar-refractivity contribution is 7.13. The second kappa shape index (κ2) is 5.88. The highest BCUT2D eigenvalue weighted by Crippen LogP contribution is 2.21. The van der Waals surface area contributed by atoms with Gasteiger partial charge in [-0.3, -0.25) is 9.59 Å². The van der Waals surface area contributed by atoms with Crippen molar-refractivity contribution in [1.29, 1.82) is 0 Å². The predicted octanol–water partition coefficient (Wildman–Crippen LogP) is 2.54. The average Bonchev–Trinajstić information content (AvgIpc) is 3.17. The van der Waals surface area contributed by atoms with Crippen LogP contribution in [0.15, 0.2) is 40.7 Å². The van der Waals surface area contributed by atoms with Crippen molar-refractivity contribution in [2.24, 2.45) is 5.92 Å². The minimum atomic E-state index is -0.391. The Balaban J connectivity index is 1.89. The van der Waals surface area contributed by atoms with Crippen LogP contribution in [0.5, 0.6) is 0 Å². The summed E-state index contributed by atoms with van der Waals surface area (Å²) in [6.45, 7) is 4.65. The van der Waals surface area contributed by atoms with E-state index in [9.17, 15) is 9.59 Å². The molecule has 0 unspecified atom stereocenters. The molecular weight excluding hydrogens is 298 g/mol. The molecule has 0 radical (unpaired) electrons. The van der Waals surface area contributed by atoms with Gasteiger partial charge in [-0.1, -0.05) is 32.1 Å². The Hall–Kier alpha value is -2.21. The summed E-state index contributed by atoms with van der Waals surface area (Å²) in [7, 11) is 0. The van der Waals surface area contributed by atoms with Gasteiger partial charge in [0.2, 0.25) is 0 Å². The molecule has 2 aromatic heterocycles. The molecule has 0 saturated carbocycles. The molecular formula is C16H17N3O2S. The first kappa shape index (κ1) is 14.7. The summed E-state index contributed by atoms with van der Waals surface area (Å²) in [6.07, 6.45) is 5.36. The van der Waals surface area contributed by atoms with E-state index in [1.807, 2.05) is 29.7 Å². The summed E-state index contributed by atoms with van der Waals surface area (Å²) in [6, 6.07) is 3.80. The van der Waals surface area contributed by atoms with Crippen molar-refractivity contribution >= 4 is 17.2 Å². The van der Waals surface area contributed by atoms with Crippen LogP contribution in [0.1, 0.15) is 24.2 Å². The van der Waals surface area contributed by atoms with Gasteiger partial charge in [-0.2, -0.15) is 0 Å². The highest BCUT2D eigenvalue weighted by Gasteiger charge is 2.29. The van der Waals surface area contributed by atoms with E-state index in [1.54, 1.807) is 4.90 Å². The van der Waals surface area contributed by atoms with Crippen molar-refractivity contribution in [3.05, 3.63) is 51.8 Å². The van der Waals surface area contributed by atoms with Crippen LogP contribution in [0.4, 0.5) is 0 Å². The first-order valence-corrected chi connectivity index (χ1v) is 8.06. The van der Waals surface area contributed by atoms with Crippen LogP contribution >= 0.6 is 11.3 Å². The summed E-state index contributed by atoms with van der Waals surface area (Å²) in [5.41, 5.74) is -0.299. The van der Waals surface area contributed by atoms with Gasteiger partial charge in [-0.25, -0.2) is 4.98 Å². The number of rotatable bonds is 3. The number of aromatic nitrogens is 2. The first-order valence-electron chi connectivity index (χ1n) is 7.18. The number of aromatic amines is 1. The fourth-order valence-electron chi connectivity index (χ4n) is 2.58. The molecule has 1 N–H and O–H groups in total. The third kappa shape index (κ3) is 2.62. The largest absolute Gasteiger partial charge is 0.328 e. The third-order valence-electron chi connectivity index (χ3n) is 3.72. The number of hydrogen-bond donors (Lipinski definition) is 1. The zero-order valence-corrected chi connectivity index (χ0v) is 13.3. The maximum absolute atomic E-state index is 12.6. The lowest BCUT2D eigenvalue weighted by Gasteiger charge is -2.27. The number of H-pyrrole nitrogens is 1. The summed E-state index contributed by atoms with van der Waals surface area (Å²) < 4.78 is 0. The summed E-state index contributed by atoms with van der Waals surface area (Å²) in [4.78, 5) is 34.4. The molecule has 0 aromatic carbocycles. The Kier molecular flexibility index (Phi) is 3.94. The zero-order valence-electron chi connectivity index (χ0n) is 12.4. The first-order chi connectivity index (χ1) is 10.6. The van der Waals surface area contributed by atoms with Crippen molar-refractivity contribution in [3.8, 4) is 10.7 Å². The van der Waals surface area contributed by atoms with E-state index >= 15 is 0 Å². The quantitative estimate of drug-likeness (QED) is 0.885. The second-order valence-electron chi connectivity index (χ2n) is 5.57. The van der Waals surface area contributed by atoms with E-state index in [0.717, 1.165) is 4.88 Å². The Morgan fingerprint density at radius 2 is 2.32 bits per heavy atom. The minimum Gasteiger partial charge on any atom is -0.328 e. The second-order valence-corrected chi connectivity index (χ2v) is 6.52. The number of carbonyl (C=O) groups is 1. The molecule has 5 nitrogen and oxygen atoms in total. The Bertz CT molecular complexity index is 762. The monoisotopic (exact) mass is 315 g/mol. The van der Waals surface area contributed by atoms with Gasteiger partial charge in [0.15, 0.2) is 0 Å². The molecule has 114 valence electrons. The lowest BCUT2D eigenvalue weighted by molar-refractivity contribution is 0.0718. The maximum Gasteiger partial charge on any atom is 0.264 e. The van der Waals surface area contributed by atoms with Crippen LogP contribution < -0.4 is 5.56 Å². The van der Waals surface area contributed by atoms with Crippen LogP contribution in [-0.4, -0.2) is 33.4 Å². The Morgan fingerprint density at radius 3 is 2.95 bits per heavy atom. The minimum absolute atomic E-state index is 0.0314. The van der Waals surface area contributed by atoms with Gasteiger partial charge in [0.1, 0.15) is 11.4 Å². The van der Waals surface area contributed by atoms with Gasteiger partial charge < -0.3 is 9.88 Å². The molecule has 0 aliphatic carbocycles. The highest BCUT2D eigenvalue weighted by atomic mass is 32.1. The maximum atomic E-state index is 12.6. The average molecular weight is 315 g/mol. The molecule has 0 fully saturated rings. The molecule has 1 atom stereocenters. The lowest BCUT2D eigenvalue weighted by atomic mass is 10.0. The molecule has 1 amide bonds. The van der Waals surface area contributed by atoms with Crippen molar-refractivity contribution in [2.75, 3.05) is 6.54 Å². The van der Waals surface area contributed by atoms with Crippen molar-refractivity contribution < 1.29 is 4.79 Å². The van der Waals surface area contributed by atoms with Crippen LogP contribution in [0.25, 0.3) is 10.7 Å². The Labute approximate surface area is 132 Å². The summed E-state index contributed by atoms with van der Waals surface area (Å²) in [5, 5.41) is 1.91. The number of nitrogens with zero attached hydrogens (tertiary/aromatic N) is 2. The van der Waals surface area contributed by atoms with E-state index in [-0.39, 0.29) is 17.5 Å². The normalized spacial score (nSPS) is 17.4. The predicted molar refractivity (Wildman–Crippen MR) is 87.0 cm³/mol. The summed E-state index contributed by atoms with van der Waals surface area (Å²) >= 11 is 1.49. The number of amides is 1. The van der Waals surface area contributed by atoms with Crippen LogP contribution in [-0.2, 0) is 0 Å². The molecule has 3 rings (SSSR count). The van der Waals surface area contributed by atoms with E-state index in [1.165, 1.54) is 17.5 Å². The van der Waals surface area contributed by atoms with Gasteiger partial charge in [-0.15, -0.1) is 11.3 Å². The molecule has 3 heterocycles. The standard InChI is InChI=1S/C16H17N3O2S/c1-10(2)12-5-3-7-19(12)16(21)11-9-17-14(18-15(11)20)13-6-4-8-22-13/h3-6,8-10,12H,7H2,1-2H3,(H,17,18,20)/t12-/m0/s1. The smallest absolute Gasteiger partial charge is 0.264 e. The topological polar surface area (TPSA) is 66.1 Å². The molecule has 0 bridgehead atoms. The lowest BCUT2D eigenvalue weighted by Crippen LogP contribution is -2.41. The fourth-order valence-corrected chi connectivity index (χ4v) is 3.26. The van der Waals surface area contributed by atoms with E-state index < -0.39 is 5.56 Å². The van der Waals surface area contributed by atoms with Crippen molar-refractivity contribution in [3.63, 3.8) is 0 Å². The number of carbonyl (C=O) groups excluding carboxylic acids is 1. The summed E-state index contributed by atoms with van der Waals surface area (Å²) in [5.74, 6) is 0.534. The molecule has 1 aliphatic heterocycles. The van der Waals surface area contributed by atoms with E-state index in [2.05, 4.69) is 23.8 Å². The SMILES string of the molecule is CC(C)[C@@H]1C=CCN1C(=O)c1cnc(-c2cccs2)[nH]c1=O. The molecule has 1 aliphatic rings. The Morgan fingerprint density at radius 1 is 1.50 bits per heavy atom. The molecule has 6 heteroatoms. The van der Waals surface area contributed by atoms with Crippen LogP contribution in [0.3, 0.4) is 0 Å². The zero-order chi connectivity index (χ0) is 15.7. The number of thiophene rings is 1. The molecule has 2 aromatic rings. The van der Waals surface area contributed by atoms with Crippen molar-refractivity contribution in [1.82, 2.24) is 14.9 Å². The van der Waals surface area contributed by atoms with E-state index in [0.29, 0.717) is 18.3 Å². The van der Waals surface area contributed by atoms with Crippen LogP contribution in [0.2, 0.25) is 0 Å². The van der Waals surface area contributed by atoms with Gasteiger partial charge in [0.25, 0.3) is 11.5 Å². The number of hydrogen-bond acceptors (Lipinski definition) is 4. The molecule has 0 spiro atoms. The fraction of sp³-hybridized carbons (Fsp3) is 0.312. The van der Waals surface area contributed by atoms with Gasteiger partial charge in [-0.05, 0) is 17.4 Å². The molecule has 22 heavy (non-hydrogen) atoms. The van der Waals surface area contributed by atoms with Gasteiger partial charge in [0, 0.05) is 12.7 Å². The van der Waals surface area contributed by atoms with Gasteiger partial charge in [0.05, 0.1) is 10.9 Å². The van der Waals surface area contributed by atoms with Crippen molar-refractivity contribution in [2.45, 2.75) is 19.9 Å². The number of nitrogens with one attached hydrogen (secondary N) is 1. The third-order valence-corrected chi connectivity index (χ3v) is 4.60. The molecule has 0 saturated heterocycles. The van der Waals surface area contributed by atoms with E-state index in [4.69, 9.17) is 0 Å².